The predicted octanol–water partition coefficient (Wildman–Crippen LogP) is 4.03. The van der Waals surface area contributed by atoms with E-state index in [1.54, 1.807) is 6.07 Å². The van der Waals surface area contributed by atoms with E-state index in [1.807, 2.05) is 54.6 Å². The zero-order valence-electron chi connectivity index (χ0n) is 12.1. The molecule has 0 aliphatic rings. The van der Waals surface area contributed by atoms with Crippen LogP contribution in [-0.4, -0.2) is 17.6 Å². The minimum absolute atomic E-state index is 0.00428. The Morgan fingerprint density at radius 1 is 1.18 bits per heavy atom. The molecule has 0 amide bonds. The highest BCUT2D eigenvalue weighted by atomic mass is 35.5. The molecule has 22 heavy (non-hydrogen) atoms. The van der Waals surface area contributed by atoms with Gasteiger partial charge in [0.2, 0.25) is 0 Å². The molecule has 0 aliphatic heterocycles. The smallest absolute Gasteiger partial charge is 0.304 e. The summed E-state index contributed by atoms with van der Waals surface area (Å²) in [6.45, 7) is 0.278. The molecule has 0 aromatic heterocycles. The fourth-order valence-electron chi connectivity index (χ4n) is 2.34. The molecule has 3 N–H and O–H groups in total. The summed E-state index contributed by atoms with van der Waals surface area (Å²) in [6, 6.07) is 15.3. The molecule has 0 spiro atoms. The zero-order valence-corrected chi connectivity index (χ0v) is 12.8. The number of hydrogen-bond acceptors (Lipinski definition) is 2. The molecule has 2 aromatic rings. The van der Waals surface area contributed by atoms with Gasteiger partial charge in [0.05, 0.1) is 6.42 Å². The summed E-state index contributed by atoms with van der Waals surface area (Å²) in [7, 11) is 0. The first-order valence-corrected chi connectivity index (χ1v) is 7.42. The third-order valence-corrected chi connectivity index (χ3v) is 3.68. The SMILES string of the molecule is NC[C@H](CC(=O)O)c1ccc(Cl)cc1C=Cc1ccccc1. The second-order valence-corrected chi connectivity index (χ2v) is 5.48. The molecule has 0 heterocycles. The third-order valence-electron chi connectivity index (χ3n) is 3.45. The molecule has 3 nitrogen and oxygen atoms in total. The summed E-state index contributed by atoms with van der Waals surface area (Å²) in [6.07, 6.45) is 3.93. The molecule has 0 saturated heterocycles. The normalized spacial score (nSPS) is 12.5. The van der Waals surface area contributed by atoms with Crippen LogP contribution in [0.5, 0.6) is 0 Å². The highest BCUT2D eigenvalue weighted by Crippen LogP contribution is 2.27. The van der Waals surface area contributed by atoms with E-state index in [2.05, 4.69) is 0 Å². The highest BCUT2D eigenvalue weighted by molar-refractivity contribution is 6.30. The Balaban J connectivity index is 2.35. The van der Waals surface area contributed by atoms with Crippen LogP contribution in [-0.2, 0) is 4.79 Å². The average Bonchev–Trinajstić information content (AvgIpc) is 2.52. The lowest BCUT2D eigenvalue weighted by Crippen LogP contribution is -2.17. The van der Waals surface area contributed by atoms with E-state index in [9.17, 15) is 4.79 Å². The van der Waals surface area contributed by atoms with Crippen LogP contribution >= 0.6 is 11.6 Å². The molecule has 2 aromatic carbocycles. The predicted molar refractivity (Wildman–Crippen MR) is 90.9 cm³/mol. The Bertz CT molecular complexity index is 668. The minimum Gasteiger partial charge on any atom is -0.481 e. The molecule has 0 unspecified atom stereocenters. The first-order valence-electron chi connectivity index (χ1n) is 7.04. The van der Waals surface area contributed by atoms with Gasteiger partial charge in [-0.25, -0.2) is 0 Å². The van der Waals surface area contributed by atoms with E-state index in [1.165, 1.54) is 0 Å². The molecular formula is C18H18ClNO2. The van der Waals surface area contributed by atoms with E-state index >= 15 is 0 Å². The van der Waals surface area contributed by atoms with Crippen LogP contribution in [0.4, 0.5) is 0 Å². The molecular weight excluding hydrogens is 298 g/mol. The summed E-state index contributed by atoms with van der Waals surface area (Å²) >= 11 is 6.07. The standard InChI is InChI=1S/C18H18ClNO2/c19-16-8-9-17(15(12-20)11-18(21)22)14(10-16)7-6-13-4-2-1-3-5-13/h1-10,15H,11-12,20H2,(H,21,22)/t15-/m0/s1. The summed E-state index contributed by atoms with van der Waals surface area (Å²) in [5.74, 6) is -1.09. The topological polar surface area (TPSA) is 63.3 Å². The zero-order chi connectivity index (χ0) is 15.9. The van der Waals surface area contributed by atoms with Crippen LogP contribution in [0.25, 0.3) is 12.2 Å². The number of nitrogens with two attached hydrogens (primary N) is 1. The Morgan fingerprint density at radius 2 is 1.91 bits per heavy atom. The Labute approximate surface area is 135 Å². The summed E-state index contributed by atoms with van der Waals surface area (Å²) < 4.78 is 0. The summed E-state index contributed by atoms with van der Waals surface area (Å²) in [5, 5.41) is 9.64. The molecule has 0 radical (unpaired) electrons. The van der Waals surface area contributed by atoms with E-state index in [-0.39, 0.29) is 18.9 Å². The van der Waals surface area contributed by atoms with Gasteiger partial charge in [-0.05, 0) is 35.4 Å². The van der Waals surface area contributed by atoms with Crippen LogP contribution < -0.4 is 5.73 Å². The molecule has 0 saturated carbocycles. The van der Waals surface area contributed by atoms with Crippen molar-refractivity contribution in [2.45, 2.75) is 12.3 Å². The van der Waals surface area contributed by atoms with Gasteiger partial charge in [-0.15, -0.1) is 0 Å². The first-order chi connectivity index (χ1) is 10.6. The second-order valence-electron chi connectivity index (χ2n) is 5.05. The Hall–Kier alpha value is -2.10. The van der Waals surface area contributed by atoms with Crippen molar-refractivity contribution in [3.8, 4) is 0 Å². The van der Waals surface area contributed by atoms with Gasteiger partial charge < -0.3 is 10.8 Å². The summed E-state index contributed by atoms with van der Waals surface area (Å²) in [4.78, 5) is 11.0. The second kappa shape index (κ2) is 7.78. The number of rotatable bonds is 6. The van der Waals surface area contributed by atoms with Gasteiger partial charge in [0.1, 0.15) is 0 Å². The maximum Gasteiger partial charge on any atom is 0.304 e. The maximum atomic E-state index is 11.0. The van der Waals surface area contributed by atoms with Crippen molar-refractivity contribution in [1.29, 1.82) is 0 Å². The van der Waals surface area contributed by atoms with E-state index in [0.717, 1.165) is 16.7 Å². The van der Waals surface area contributed by atoms with Crippen molar-refractivity contribution < 1.29 is 9.90 Å². The number of halogens is 1. The Morgan fingerprint density at radius 3 is 2.55 bits per heavy atom. The number of aliphatic carboxylic acids is 1. The van der Waals surface area contributed by atoms with Gasteiger partial charge in [-0.1, -0.05) is 60.2 Å². The van der Waals surface area contributed by atoms with Gasteiger partial charge >= 0.3 is 5.97 Å². The lowest BCUT2D eigenvalue weighted by molar-refractivity contribution is -0.137. The van der Waals surface area contributed by atoms with Crippen LogP contribution in [0.1, 0.15) is 29.0 Å². The van der Waals surface area contributed by atoms with Crippen LogP contribution in [0.15, 0.2) is 48.5 Å². The van der Waals surface area contributed by atoms with Crippen molar-refractivity contribution in [1.82, 2.24) is 0 Å². The van der Waals surface area contributed by atoms with Gasteiger partial charge in [-0.2, -0.15) is 0 Å². The number of carboxylic acid groups (broad SMARTS) is 1. The van der Waals surface area contributed by atoms with Crippen molar-refractivity contribution in [2.75, 3.05) is 6.54 Å². The van der Waals surface area contributed by atoms with Crippen LogP contribution in [0.2, 0.25) is 5.02 Å². The van der Waals surface area contributed by atoms with Gasteiger partial charge in [0.15, 0.2) is 0 Å². The van der Waals surface area contributed by atoms with E-state index in [4.69, 9.17) is 22.4 Å². The van der Waals surface area contributed by atoms with Gasteiger partial charge in [0.25, 0.3) is 0 Å². The third kappa shape index (κ3) is 4.45. The van der Waals surface area contributed by atoms with Gasteiger partial charge in [-0.3, -0.25) is 4.79 Å². The molecule has 4 heteroatoms. The first kappa shape index (κ1) is 16.3. The van der Waals surface area contributed by atoms with Crippen LogP contribution in [0.3, 0.4) is 0 Å². The van der Waals surface area contributed by atoms with E-state index in [0.29, 0.717) is 5.02 Å². The molecule has 0 fully saturated rings. The van der Waals surface area contributed by atoms with E-state index < -0.39 is 5.97 Å². The monoisotopic (exact) mass is 315 g/mol. The quantitative estimate of drug-likeness (QED) is 0.791. The molecule has 114 valence electrons. The molecule has 0 bridgehead atoms. The minimum atomic E-state index is -0.858. The molecule has 0 aliphatic carbocycles. The fraction of sp³-hybridized carbons (Fsp3) is 0.167. The van der Waals surface area contributed by atoms with Crippen molar-refractivity contribution in [2.24, 2.45) is 5.73 Å². The van der Waals surface area contributed by atoms with Crippen LogP contribution in [0, 0.1) is 0 Å². The molecule has 1 atom stereocenters. The summed E-state index contributed by atoms with van der Waals surface area (Å²) in [5.41, 5.74) is 8.61. The number of hydrogen-bond donors (Lipinski definition) is 2. The largest absolute Gasteiger partial charge is 0.481 e. The van der Waals surface area contributed by atoms with Gasteiger partial charge in [0, 0.05) is 10.9 Å². The number of benzene rings is 2. The lowest BCUT2D eigenvalue weighted by atomic mass is 9.91. The van der Waals surface area contributed by atoms with Crippen molar-refractivity contribution >= 4 is 29.7 Å². The lowest BCUT2D eigenvalue weighted by Gasteiger charge is -2.16. The fourth-order valence-corrected chi connectivity index (χ4v) is 2.52. The molecule has 2 rings (SSSR count). The Kier molecular flexibility index (Phi) is 5.75. The van der Waals surface area contributed by atoms with Crippen molar-refractivity contribution in [3.63, 3.8) is 0 Å². The van der Waals surface area contributed by atoms with Crippen molar-refractivity contribution in [3.05, 3.63) is 70.2 Å². The number of carbonyl (C=O) groups is 1. The number of carboxylic acids is 1. The highest BCUT2D eigenvalue weighted by Gasteiger charge is 2.16. The average molecular weight is 316 g/mol. The maximum absolute atomic E-state index is 11.0.